The highest BCUT2D eigenvalue weighted by Crippen LogP contribution is 2.19. The molecule has 0 aromatic carbocycles. The van der Waals surface area contributed by atoms with E-state index < -0.39 is 0 Å². The molecule has 1 saturated heterocycles. The van der Waals surface area contributed by atoms with Gasteiger partial charge in [-0.05, 0) is 18.9 Å². The van der Waals surface area contributed by atoms with E-state index in [1.165, 1.54) is 0 Å². The van der Waals surface area contributed by atoms with Gasteiger partial charge in [-0.15, -0.1) is 0 Å². The molecule has 1 unspecified atom stereocenters. The van der Waals surface area contributed by atoms with E-state index in [0.717, 1.165) is 12.8 Å². The molecule has 3 N–H and O–H groups in total. The second-order valence-electron chi connectivity index (χ2n) is 3.53. The van der Waals surface area contributed by atoms with E-state index in [9.17, 15) is 4.79 Å². The molecule has 0 spiro atoms. The SMILES string of the molecule is NC(=S)C1CCCN1C(=O)c1ccn[nH]1. The number of nitrogens with one attached hydrogen (secondary N) is 1. The normalized spacial score (nSPS) is 20.5. The Bertz CT molecular complexity index is 375. The number of carbonyl (C=O) groups is 1. The number of rotatable bonds is 2. The number of nitrogens with zero attached hydrogens (tertiary/aromatic N) is 2. The van der Waals surface area contributed by atoms with E-state index in [4.69, 9.17) is 18.0 Å². The minimum absolute atomic E-state index is 0.0807. The zero-order chi connectivity index (χ0) is 10.8. The summed E-state index contributed by atoms with van der Waals surface area (Å²) >= 11 is 4.94. The summed E-state index contributed by atoms with van der Waals surface area (Å²) in [6.07, 6.45) is 3.36. The van der Waals surface area contributed by atoms with Gasteiger partial charge in [-0.25, -0.2) is 0 Å². The van der Waals surface area contributed by atoms with Gasteiger partial charge in [0.15, 0.2) is 0 Å². The highest BCUT2D eigenvalue weighted by Gasteiger charge is 2.31. The first-order valence-corrected chi connectivity index (χ1v) is 5.20. The van der Waals surface area contributed by atoms with Crippen LogP contribution in [0.1, 0.15) is 23.3 Å². The fraction of sp³-hybridized carbons (Fsp3) is 0.444. The fourth-order valence-corrected chi connectivity index (χ4v) is 2.08. The van der Waals surface area contributed by atoms with Crippen LogP contribution in [0.3, 0.4) is 0 Å². The van der Waals surface area contributed by atoms with Crippen molar-refractivity contribution in [1.29, 1.82) is 0 Å². The molecule has 15 heavy (non-hydrogen) atoms. The number of aromatic nitrogens is 2. The molecule has 0 bridgehead atoms. The van der Waals surface area contributed by atoms with Gasteiger partial charge in [0.05, 0.1) is 11.0 Å². The maximum absolute atomic E-state index is 12.0. The van der Waals surface area contributed by atoms with Gasteiger partial charge in [0.25, 0.3) is 5.91 Å². The average Bonchev–Trinajstić information content (AvgIpc) is 2.88. The minimum atomic E-state index is -0.101. The predicted molar refractivity (Wildman–Crippen MR) is 59.4 cm³/mol. The third-order valence-electron chi connectivity index (χ3n) is 2.57. The van der Waals surface area contributed by atoms with Gasteiger partial charge in [0.1, 0.15) is 5.69 Å². The van der Waals surface area contributed by atoms with E-state index in [-0.39, 0.29) is 11.9 Å². The molecule has 0 radical (unpaired) electrons. The summed E-state index contributed by atoms with van der Waals surface area (Å²) in [4.78, 5) is 14.1. The van der Waals surface area contributed by atoms with Crippen LogP contribution in [0.15, 0.2) is 12.3 Å². The van der Waals surface area contributed by atoms with E-state index >= 15 is 0 Å². The standard InChI is InChI=1S/C9H12N4OS/c10-8(15)7-2-1-5-13(7)9(14)6-3-4-11-12-6/h3-4,7H,1-2,5H2,(H2,10,15)(H,11,12). The van der Waals surface area contributed by atoms with Gasteiger partial charge in [-0.3, -0.25) is 9.89 Å². The van der Waals surface area contributed by atoms with Crippen LogP contribution in [0.4, 0.5) is 0 Å². The maximum Gasteiger partial charge on any atom is 0.272 e. The van der Waals surface area contributed by atoms with Crippen molar-refractivity contribution in [3.8, 4) is 0 Å². The Hall–Kier alpha value is -1.43. The fourth-order valence-electron chi connectivity index (χ4n) is 1.84. The number of H-pyrrole nitrogens is 1. The molecule has 1 aliphatic heterocycles. The highest BCUT2D eigenvalue weighted by molar-refractivity contribution is 7.80. The molecule has 1 aromatic heterocycles. The number of hydrogen-bond acceptors (Lipinski definition) is 3. The first kappa shape index (κ1) is 10.1. The topological polar surface area (TPSA) is 75.0 Å². The molecular weight excluding hydrogens is 212 g/mol. The Morgan fingerprint density at radius 3 is 3.13 bits per heavy atom. The molecule has 6 heteroatoms. The number of carbonyl (C=O) groups excluding carboxylic acids is 1. The molecule has 1 amide bonds. The molecule has 2 rings (SSSR count). The van der Waals surface area contributed by atoms with Crippen LogP contribution in [-0.4, -0.2) is 38.6 Å². The van der Waals surface area contributed by atoms with E-state index in [1.807, 2.05) is 0 Å². The van der Waals surface area contributed by atoms with Gasteiger partial charge >= 0.3 is 0 Å². The lowest BCUT2D eigenvalue weighted by Crippen LogP contribution is -2.42. The number of nitrogens with two attached hydrogens (primary N) is 1. The Morgan fingerprint density at radius 1 is 1.73 bits per heavy atom. The van der Waals surface area contributed by atoms with Gasteiger partial charge in [-0.2, -0.15) is 5.10 Å². The molecule has 1 atom stereocenters. The number of thiocarbonyl (C=S) groups is 1. The summed E-state index contributed by atoms with van der Waals surface area (Å²) in [5.41, 5.74) is 6.08. The monoisotopic (exact) mass is 224 g/mol. The predicted octanol–water partition coefficient (Wildman–Crippen LogP) is 0.300. The van der Waals surface area contributed by atoms with E-state index in [2.05, 4.69) is 10.2 Å². The lowest BCUT2D eigenvalue weighted by molar-refractivity contribution is 0.0764. The summed E-state index contributed by atoms with van der Waals surface area (Å²) in [5.74, 6) is -0.0807. The Balaban J connectivity index is 2.17. The zero-order valence-electron chi connectivity index (χ0n) is 8.14. The van der Waals surface area contributed by atoms with Crippen molar-refractivity contribution in [1.82, 2.24) is 15.1 Å². The molecule has 1 aliphatic rings. The average molecular weight is 224 g/mol. The first-order chi connectivity index (χ1) is 7.20. The lowest BCUT2D eigenvalue weighted by Gasteiger charge is -2.22. The smallest absolute Gasteiger partial charge is 0.272 e. The van der Waals surface area contributed by atoms with Gasteiger partial charge < -0.3 is 10.6 Å². The van der Waals surface area contributed by atoms with Crippen LogP contribution in [0.5, 0.6) is 0 Å². The van der Waals surface area contributed by atoms with Crippen molar-refractivity contribution in [2.24, 2.45) is 5.73 Å². The maximum atomic E-state index is 12.0. The van der Waals surface area contributed by atoms with Crippen molar-refractivity contribution in [2.45, 2.75) is 18.9 Å². The van der Waals surface area contributed by atoms with Crippen LogP contribution in [0.2, 0.25) is 0 Å². The Kier molecular flexibility index (Phi) is 2.68. The molecule has 5 nitrogen and oxygen atoms in total. The van der Waals surface area contributed by atoms with Crippen molar-refractivity contribution in [3.05, 3.63) is 18.0 Å². The minimum Gasteiger partial charge on any atom is -0.392 e. The van der Waals surface area contributed by atoms with Crippen molar-refractivity contribution in [3.63, 3.8) is 0 Å². The van der Waals surface area contributed by atoms with Crippen LogP contribution < -0.4 is 5.73 Å². The summed E-state index contributed by atoms with van der Waals surface area (Å²) < 4.78 is 0. The zero-order valence-corrected chi connectivity index (χ0v) is 8.96. The number of likely N-dealkylation sites (tertiary alicyclic amines) is 1. The van der Waals surface area contributed by atoms with Crippen LogP contribution >= 0.6 is 12.2 Å². The molecule has 2 heterocycles. The van der Waals surface area contributed by atoms with Crippen molar-refractivity contribution in [2.75, 3.05) is 6.54 Å². The van der Waals surface area contributed by atoms with Crippen LogP contribution in [0, 0.1) is 0 Å². The van der Waals surface area contributed by atoms with Crippen molar-refractivity contribution < 1.29 is 4.79 Å². The number of aromatic amines is 1. The molecule has 1 aromatic rings. The molecule has 1 fully saturated rings. The molecular formula is C9H12N4OS. The highest BCUT2D eigenvalue weighted by atomic mass is 32.1. The second-order valence-corrected chi connectivity index (χ2v) is 4.00. The van der Waals surface area contributed by atoms with Crippen molar-refractivity contribution >= 4 is 23.1 Å². The lowest BCUT2D eigenvalue weighted by atomic mass is 10.2. The summed E-state index contributed by atoms with van der Waals surface area (Å²) in [7, 11) is 0. The summed E-state index contributed by atoms with van der Waals surface area (Å²) in [6.45, 7) is 0.708. The molecule has 0 saturated carbocycles. The summed E-state index contributed by atoms with van der Waals surface area (Å²) in [6, 6.07) is 1.55. The largest absolute Gasteiger partial charge is 0.392 e. The molecule has 0 aliphatic carbocycles. The first-order valence-electron chi connectivity index (χ1n) is 4.80. The van der Waals surface area contributed by atoms with E-state index in [0.29, 0.717) is 17.2 Å². The second kappa shape index (κ2) is 3.98. The third kappa shape index (κ3) is 1.85. The molecule has 80 valence electrons. The summed E-state index contributed by atoms with van der Waals surface area (Å²) in [5, 5.41) is 6.40. The third-order valence-corrected chi connectivity index (χ3v) is 2.85. The Morgan fingerprint density at radius 2 is 2.53 bits per heavy atom. The van der Waals surface area contributed by atoms with Gasteiger partial charge in [-0.1, -0.05) is 12.2 Å². The van der Waals surface area contributed by atoms with Gasteiger partial charge in [0.2, 0.25) is 0 Å². The van der Waals surface area contributed by atoms with Gasteiger partial charge in [0, 0.05) is 12.7 Å². The van der Waals surface area contributed by atoms with Crippen LogP contribution in [0.25, 0.3) is 0 Å². The number of amides is 1. The van der Waals surface area contributed by atoms with Crippen LogP contribution in [-0.2, 0) is 0 Å². The number of hydrogen-bond donors (Lipinski definition) is 2. The van der Waals surface area contributed by atoms with E-state index in [1.54, 1.807) is 17.2 Å². The Labute approximate surface area is 92.6 Å². The quantitative estimate of drug-likeness (QED) is 0.708.